The van der Waals surface area contributed by atoms with Crippen LogP contribution in [0.4, 0.5) is 4.39 Å². The second-order valence-electron chi connectivity index (χ2n) is 7.58. The van der Waals surface area contributed by atoms with Gasteiger partial charge in [-0.3, -0.25) is 9.69 Å². The third kappa shape index (κ3) is 3.63. The van der Waals surface area contributed by atoms with Crippen molar-refractivity contribution < 1.29 is 18.7 Å². The fourth-order valence-electron chi connectivity index (χ4n) is 4.46. The monoisotopic (exact) mass is 362 g/mol. The van der Waals surface area contributed by atoms with E-state index in [1.807, 2.05) is 0 Å². The molecular formula is C20H27FN2O3. The minimum Gasteiger partial charge on any atom is -0.347 e. The summed E-state index contributed by atoms with van der Waals surface area (Å²) in [5, 5.41) is 0. The van der Waals surface area contributed by atoms with Crippen molar-refractivity contribution >= 4 is 5.91 Å². The largest absolute Gasteiger partial charge is 0.347 e. The molecule has 1 unspecified atom stereocenters. The summed E-state index contributed by atoms with van der Waals surface area (Å²) < 4.78 is 26.2. The van der Waals surface area contributed by atoms with Gasteiger partial charge in [0.2, 0.25) is 0 Å². The van der Waals surface area contributed by atoms with Crippen molar-refractivity contribution in [1.82, 2.24) is 9.80 Å². The second kappa shape index (κ2) is 7.62. The van der Waals surface area contributed by atoms with Gasteiger partial charge in [-0.05, 0) is 31.4 Å². The molecule has 0 radical (unpaired) electrons. The van der Waals surface area contributed by atoms with Crippen LogP contribution in [0.25, 0.3) is 0 Å². The van der Waals surface area contributed by atoms with Crippen LogP contribution in [-0.2, 0) is 9.47 Å². The number of nitrogens with zero attached hydrogens (tertiary/aromatic N) is 2. The Kier molecular flexibility index (Phi) is 5.25. The van der Waals surface area contributed by atoms with E-state index in [1.165, 1.54) is 31.7 Å². The van der Waals surface area contributed by atoms with E-state index in [1.54, 1.807) is 23.1 Å². The normalized spacial score (nSPS) is 28.4. The van der Waals surface area contributed by atoms with Crippen LogP contribution in [0.3, 0.4) is 0 Å². The van der Waals surface area contributed by atoms with Crippen LogP contribution in [0.5, 0.6) is 0 Å². The van der Waals surface area contributed by atoms with Crippen LogP contribution in [0.1, 0.15) is 42.5 Å². The van der Waals surface area contributed by atoms with E-state index in [-0.39, 0.29) is 11.5 Å². The summed E-state index contributed by atoms with van der Waals surface area (Å²) >= 11 is 0. The minimum atomic E-state index is -0.793. The standard InChI is InChI=1S/C20H27FN2O3/c21-18-9-4-3-8-17(18)19(24)23-11-13-26-20(15-23)14-22(10-5-12-25-20)16-6-1-2-7-16/h3-4,8-9,16H,1-2,5-7,10-15H2. The molecule has 6 heteroatoms. The SMILES string of the molecule is O=C(c1ccccc1F)N1CCOC2(C1)CN(C1CCCC1)CCCO2. The smallest absolute Gasteiger partial charge is 0.257 e. The van der Waals surface area contributed by atoms with Gasteiger partial charge in [0.25, 0.3) is 5.91 Å². The fourth-order valence-corrected chi connectivity index (χ4v) is 4.46. The molecule has 1 aromatic carbocycles. The van der Waals surface area contributed by atoms with Gasteiger partial charge in [0, 0.05) is 19.1 Å². The van der Waals surface area contributed by atoms with Crippen LogP contribution < -0.4 is 0 Å². The topological polar surface area (TPSA) is 42.0 Å². The molecule has 0 bridgehead atoms. The lowest BCUT2D eigenvalue weighted by atomic mass is 10.1. The van der Waals surface area contributed by atoms with Gasteiger partial charge in [0.1, 0.15) is 5.82 Å². The van der Waals surface area contributed by atoms with Crippen molar-refractivity contribution in [1.29, 1.82) is 0 Å². The zero-order valence-electron chi connectivity index (χ0n) is 15.2. The highest BCUT2D eigenvalue weighted by molar-refractivity contribution is 5.94. The van der Waals surface area contributed by atoms with Gasteiger partial charge in [-0.1, -0.05) is 25.0 Å². The number of benzene rings is 1. The molecule has 3 fully saturated rings. The molecule has 2 heterocycles. The van der Waals surface area contributed by atoms with Crippen molar-refractivity contribution in [3.8, 4) is 0 Å². The summed E-state index contributed by atoms with van der Waals surface area (Å²) in [4.78, 5) is 17.0. The van der Waals surface area contributed by atoms with E-state index >= 15 is 0 Å². The van der Waals surface area contributed by atoms with Crippen molar-refractivity contribution in [2.24, 2.45) is 0 Å². The minimum absolute atomic E-state index is 0.117. The molecule has 1 aromatic rings. The average Bonchev–Trinajstić information content (AvgIpc) is 3.12. The Morgan fingerprint density at radius 3 is 2.62 bits per heavy atom. The summed E-state index contributed by atoms with van der Waals surface area (Å²) in [5.41, 5.74) is 0.117. The van der Waals surface area contributed by atoms with Crippen LogP contribution in [0.2, 0.25) is 0 Å². The van der Waals surface area contributed by atoms with Gasteiger partial charge in [-0.2, -0.15) is 0 Å². The molecule has 1 aliphatic carbocycles. The Balaban J connectivity index is 1.51. The number of hydrogen-bond acceptors (Lipinski definition) is 4. The van der Waals surface area contributed by atoms with E-state index < -0.39 is 11.6 Å². The highest BCUT2D eigenvalue weighted by Gasteiger charge is 2.44. The molecule has 1 atom stereocenters. The highest BCUT2D eigenvalue weighted by Crippen LogP contribution is 2.30. The summed E-state index contributed by atoms with van der Waals surface area (Å²) in [6, 6.07) is 6.75. The lowest BCUT2D eigenvalue weighted by molar-refractivity contribution is -0.262. The van der Waals surface area contributed by atoms with Crippen LogP contribution in [-0.4, -0.2) is 66.9 Å². The summed E-state index contributed by atoms with van der Waals surface area (Å²) in [6.45, 7) is 3.55. The van der Waals surface area contributed by atoms with Crippen molar-refractivity contribution in [2.75, 3.05) is 39.4 Å². The first-order chi connectivity index (χ1) is 12.7. The maximum atomic E-state index is 14.0. The Hall–Kier alpha value is -1.50. The molecule has 2 saturated heterocycles. The zero-order chi connectivity index (χ0) is 18.0. The molecule has 5 nitrogen and oxygen atoms in total. The van der Waals surface area contributed by atoms with E-state index in [2.05, 4.69) is 4.90 Å². The fraction of sp³-hybridized carbons (Fsp3) is 0.650. The summed E-state index contributed by atoms with van der Waals surface area (Å²) in [7, 11) is 0. The molecule has 1 spiro atoms. The summed E-state index contributed by atoms with van der Waals surface area (Å²) in [5.74, 6) is -1.56. The molecule has 3 aliphatic rings. The molecule has 26 heavy (non-hydrogen) atoms. The molecule has 142 valence electrons. The lowest BCUT2D eigenvalue weighted by Gasteiger charge is -2.44. The third-order valence-corrected chi connectivity index (χ3v) is 5.79. The van der Waals surface area contributed by atoms with Gasteiger partial charge in [-0.15, -0.1) is 0 Å². The van der Waals surface area contributed by atoms with Gasteiger partial charge < -0.3 is 14.4 Å². The number of rotatable bonds is 2. The van der Waals surface area contributed by atoms with Crippen LogP contribution in [0, 0.1) is 5.82 Å². The number of amides is 1. The van der Waals surface area contributed by atoms with Gasteiger partial charge in [0.15, 0.2) is 5.79 Å². The number of carbonyl (C=O) groups excluding carboxylic acids is 1. The molecular weight excluding hydrogens is 335 g/mol. The van der Waals surface area contributed by atoms with Gasteiger partial charge in [0.05, 0.1) is 31.9 Å². The molecule has 0 aromatic heterocycles. The molecule has 4 rings (SSSR count). The average molecular weight is 362 g/mol. The van der Waals surface area contributed by atoms with Crippen molar-refractivity contribution in [3.05, 3.63) is 35.6 Å². The number of halogens is 1. The first kappa shape index (κ1) is 17.9. The number of hydrogen-bond donors (Lipinski definition) is 0. The maximum Gasteiger partial charge on any atom is 0.257 e. The maximum absolute atomic E-state index is 14.0. The number of carbonyl (C=O) groups is 1. The Labute approximate surface area is 154 Å². The van der Waals surface area contributed by atoms with E-state index in [0.29, 0.717) is 38.9 Å². The second-order valence-corrected chi connectivity index (χ2v) is 7.58. The van der Waals surface area contributed by atoms with E-state index in [0.717, 1.165) is 13.0 Å². The predicted octanol–water partition coefficient (Wildman–Crippen LogP) is 2.66. The molecule has 2 aliphatic heterocycles. The van der Waals surface area contributed by atoms with Crippen LogP contribution >= 0.6 is 0 Å². The van der Waals surface area contributed by atoms with Crippen LogP contribution in [0.15, 0.2) is 24.3 Å². The zero-order valence-corrected chi connectivity index (χ0v) is 15.2. The van der Waals surface area contributed by atoms with Crippen molar-refractivity contribution in [3.63, 3.8) is 0 Å². The Morgan fingerprint density at radius 2 is 1.81 bits per heavy atom. The Morgan fingerprint density at radius 1 is 1.04 bits per heavy atom. The first-order valence-electron chi connectivity index (χ1n) is 9.73. The quantitative estimate of drug-likeness (QED) is 0.811. The van der Waals surface area contributed by atoms with E-state index in [4.69, 9.17) is 9.47 Å². The number of morpholine rings is 1. The predicted molar refractivity (Wildman–Crippen MR) is 95.4 cm³/mol. The third-order valence-electron chi connectivity index (χ3n) is 5.79. The van der Waals surface area contributed by atoms with Gasteiger partial charge >= 0.3 is 0 Å². The Bertz CT molecular complexity index is 650. The first-order valence-corrected chi connectivity index (χ1v) is 9.73. The number of ether oxygens (including phenoxy) is 2. The summed E-state index contributed by atoms with van der Waals surface area (Å²) in [6.07, 6.45) is 6.01. The molecule has 1 amide bonds. The van der Waals surface area contributed by atoms with E-state index in [9.17, 15) is 9.18 Å². The molecule has 0 N–H and O–H groups in total. The molecule has 1 saturated carbocycles. The van der Waals surface area contributed by atoms with Crippen molar-refractivity contribution in [2.45, 2.75) is 43.9 Å². The van der Waals surface area contributed by atoms with Gasteiger partial charge in [-0.25, -0.2) is 4.39 Å². The lowest BCUT2D eigenvalue weighted by Crippen LogP contribution is -2.60. The highest BCUT2D eigenvalue weighted by atomic mass is 19.1.